The highest BCUT2D eigenvalue weighted by Gasteiger charge is 2.34. The second kappa shape index (κ2) is 12.2. The highest BCUT2D eigenvalue weighted by atomic mass is 35.5. The molecule has 0 radical (unpaired) electrons. The van der Waals surface area contributed by atoms with Gasteiger partial charge in [-0.2, -0.15) is 0 Å². The van der Waals surface area contributed by atoms with Crippen molar-refractivity contribution in [3.05, 3.63) is 106 Å². The third kappa shape index (κ3) is 6.32. The molecule has 2 heterocycles. The summed E-state index contributed by atoms with van der Waals surface area (Å²) in [7, 11) is 0. The van der Waals surface area contributed by atoms with Crippen LogP contribution in [-0.2, 0) is 11.3 Å². The molecule has 0 unspecified atom stereocenters. The van der Waals surface area contributed by atoms with Crippen molar-refractivity contribution >= 4 is 35.1 Å². The minimum absolute atomic E-state index is 0.0349. The van der Waals surface area contributed by atoms with Crippen molar-refractivity contribution in [2.75, 3.05) is 39.3 Å². The van der Waals surface area contributed by atoms with Crippen molar-refractivity contribution in [1.29, 1.82) is 0 Å². The quantitative estimate of drug-likeness (QED) is 0.465. The van der Waals surface area contributed by atoms with E-state index in [1.165, 1.54) is 4.90 Å². The summed E-state index contributed by atoms with van der Waals surface area (Å²) in [6.45, 7) is 4.68. The molecule has 3 amide bonds. The number of quaternary nitrogens is 1. The van der Waals surface area contributed by atoms with Crippen LogP contribution in [-0.4, -0.2) is 61.0 Å². The van der Waals surface area contributed by atoms with Gasteiger partial charge in [-0.15, -0.1) is 0 Å². The summed E-state index contributed by atoms with van der Waals surface area (Å²) < 4.78 is 0. The molecule has 6 nitrogen and oxygen atoms in total. The summed E-state index contributed by atoms with van der Waals surface area (Å²) in [5.41, 5.74) is 3.30. The Kier molecular flexibility index (Phi) is 8.52. The molecule has 38 heavy (non-hydrogen) atoms. The van der Waals surface area contributed by atoms with Crippen LogP contribution in [0, 0.1) is 5.92 Å². The van der Waals surface area contributed by atoms with Gasteiger partial charge in [-0.1, -0.05) is 83.9 Å². The van der Waals surface area contributed by atoms with E-state index in [1.807, 2.05) is 76.5 Å². The van der Waals surface area contributed by atoms with Crippen LogP contribution in [0.1, 0.15) is 29.2 Å². The first-order chi connectivity index (χ1) is 18.5. The summed E-state index contributed by atoms with van der Waals surface area (Å²) in [4.78, 5) is 30.6. The number of carbonyl (C=O) groups excluding carboxylic acids is 2. The van der Waals surface area contributed by atoms with Crippen molar-refractivity contribution in [2.24, 2.45) is 5.92 Å². The molecule has 0 bridgehead atoms. The summed E-state index contributed by atoms with van der Waals surface area (Å²) in [6.07, 6.45) is 0.476. The monoisotopic (exact) mass is 551 g/mol. The molecule has 2 saturated heterocycles. The van der Waals surface area contributed by atoms with E-state index in [0.29, 0.717) is 44.2 Å². The molecular weight excluding hydrogens is 519 g/mol. The zero-order valence-corrected chi connectivity index (χ0v) is 22.8. The molecule has 0 aromatic heterocycles. The molecule has 198 valence electrons. The minimum Gasteiger partial charge on any atom is -0.338 e. The van der Waals surface area contributed by atoms with E-state index < -0.39 is 0 Å². The van der Waals surface area contributed by atoms with Crippen LogP contribution >= 0.6 is 23.2 Å². The molecule has 2 N–H and O–H groups in total. The summed E-state index contributed by atoms with van der Waals surface area (Å²) in [6, 6.07) is 25.9. The van der Waals surface area contributed by atoms with E-state index in [0.717, 1.165) is 34.8 Å². The molecule has 3 aromatic rings. The Morgan fingerprint density at radius 2 is 1.71 bits per heavy atom. The van der Waals surface area contributed by atoms with Gasteiger partial charge < -0.3 is 20.0 Å². The Labute approximate surface area is 234 Å². The number of rotatable bonds is 7. The largest absolute Gasteiger partial charge is 0.338 e. The topological polar surface area (TPSA) is 57.1 Å². The zero-order chi connectivity index (χ0) is 26.5. The summed E-state index contributed by atoms with van der Waals surface area (Å²) in [5, 5.41) is 4.52. The highest BCUT2D eigenvalue weighted by Crippen LogP contribution is 2.28. The third-order valence-electron chi connectivity index (χ3n) is 7.55. The van der Waals surface area contributed by atoms with Gasteiger partial charge in [0.15, 0.2) is 0 Å². The maximum Gasteiger partial charge on any atom is 0.317 e. The number of piperazine rings is 1. The first kappa shape index (κ1) is 26.5. The number of halogens is 2. The standard InChI is InChI=1S/C30H32Cl2N4O2/c31-25-10-6-9-24(18-25)29(26-11-4-5-12-27(26)32)34-13-15-35(16-14-34)30(38)33-19-23-17-28(37)36(21-23)20-22-7-2-1-3-8-22/h1-12,18,23,29H,13-17,19-21H2,(H,33,38)/p+1/t23-,29-/m0/s1. The molecule has 0 spiro atoms. The van der Waals surface area contributed by atoms with Gasteiger partial charge in [0.25, 0.3) is 0 Å². The molecule has 5 rings (SSSR count). The van der Waals surface area contributed by atoms with Gasteiger partial charge in [-0.05, 0) is 23.8 Å². The van der Waals surface area contributed by atoms with Gasteiger partial charge in [-0.25, -0.2) is 4.79 Å². The van der Waals surface area contributed by atoms with E-state index >= 15 is 0 Å². The molecule has 2 atom stereocenters. The van der Waals surface area contributed by atoms with Gasteiger partial charge >= 0.3 is 6.03 Å². The Balaban J connectivity index is 1.16. The van der Waals surface area contributed by atoms with Crippen LogP contribution in [0.5, 0.6) is 0 Å². The van der Waals surface area contributed by atoms with Crippen LogP contribution in [0.15, 0.2) is 78.9 Å². The van der Waals surface area contributed by atoms with Crippen molar-refractivity contribution in [2.45, 2.75) is 19.0 Å². The molecule has 0 saturated carbocycles. The molecule has 3 aromatic carbocycles. The van der Waals surface area contributed by atoms with Crippen LogP contribution in [0.4, 0.5) is 4.79 Å². The molecule has 2 fully saturated rings. The first-order valence-electron chi connectivity index (χ1n) is 13.2. The number of likely N-dealkylation sites (tertiary alicyclic amines) is 1. The number of benzene rings is 3. The number of carbonyl (C=O) groups is 2. The average molecular weight is 553 g/mol. The lowest BCUT2D eigenvalue weighted by Crippen LogP contribution is -3.15. The Morgan fingerprint density at radius 1 is 0.974 bits per heavy atom. The van der Waals surface area contributed by atoms with Gasteiger partial charge in [0, 0.05) is 48.1 Å². The number of amides is 3. The third-order valence-corrected chi connectivity index (χ3v) is 8.13. The maximum atomic E-state index is 13.0. The van der Waals surface area contributed by atoms with Gasteiger partial charge in [0.1, 0.15) is 6.04 Å². The number of hydrogen-bond acceptors (Lipinski definition) is 2. The lowest BCUT2D eigenvalue weighted by molar-refractivity contribution is -0.929. The predicted octanol–water partition coefficient (Wildman–Crippen LogP) is 4.04. The molecular formula is C30H33Cl2N4O2+. The molecule has 2 aliphatic rings. The number of hydrogen-bond donors (Lipinski definition) is 2. The summed E-state index contributed by atoms with van der Waals surface area (Å²) >= 11 is 13.0. The minimum atomic E-state index is -0.0601. The zero-order valence-electron chi connectivity index (χ0n) is 21.3. The van der Waals surface area contributed by atoms with Crippen LogP contribution in [0.3, 0.4) is 0 Å². The van der Waals surface area contributed by atoms with E-state index in [9.17, 15) is 9.59 Å². The van der Waals surface area contributed by atoms with Gasteiger partial charge in [-0.3, -0.25) is 4.79 Å². The van der Waals surface area contributed by atoms with E-state index in [4.69, 9.17) is 23.2 Å². The van der Waals surface area contributed by atoms with Gasteiger partial charge in [0.2, 0.25) is 5.91 Å². The second-order valence-corrected chi connectivity index (χ2v) is 11.0. The van der Waals surface area contributed by atoms with Crippen molar-refractivity contribution < 1.29 is 14.5 Å². The van der Waals surface area contributed by atoms with Crippen molar-refractivity contribution in [3.63, 3.8) is 0 Å². The lowest BCUT2D eigenvalue weighted by atomic mass is 9.96. The van der Waals surface area contributed by atoms with E-state index in [1.54, 1.807) is 0 Å². The Morgan fingerprint density at radius 3 is 2.45 bits per heavy atom. The smallest absolute Gasteiger partial charge is 0.317 e. The Hall–Kier alpha value is -3.06. The SMILES string of the molecule is O=C1C[C@@H](CNC(=O)N2CC[NH+]([C@@H](c3cccc(Cl)c3)c3ccccc3Cl)CC2)CN1Cc1ccccc1. The summed E-state index contributed by atoms with van der Waals surface area (Å²) in [5.74, 6) is 0.284. The maximum absolute atomic E-state index is 13.0. The number of nitrogens with one attached hydrogen (secondary N) is 2. The van der Waals surface area contributed by atoms with E-state index in [2.05, 4.69) is 17.4 Å². The fraction of sp³-hybridized carbons (Fsp3) is 0.333. The second-order valence-electron chi connectivity index (χ2n) is 10.2. The first-order valence-corrected chi connectivity index (χ1v) is 13.9. The predicted molar refractivity (Wildman–Crippen MR) is 150 cm³/mol. The normalized spacial score (nSPS) is 19.0. The van der Waals surface area contributed by atoms with Crippen LogP contribution in [0.2, 0.25) is 10.0 Å². The molecule has 0 aliphatic carbocycles. The fourth-order valence-electron chi connectivity index (χ4n) is 5.61. The fourth-order valence-corrected chi connectivity index (χ4v) is 6.05. The number of urea groups is 1. The highest BCUT2D eigenvalue weighted by molar-refractivity contribution is 6.31. The van der Waals surface area contributed by atoms with E-state index in [-0.39, 0.29) is 23.9 Å². The van der Waals surface area contributed by atoms with Crippen LogP contribution in [0.25, 0.3) is 0 Å². The van der Waals surface area contributed by atoms with Crippen LogP contribution < -0.4 is 10.2 Å². The van der Waals surface area contributed by atoms with Crippen molar-refractivity contribution in [1.82, 2.24) is 15.1 Å². The Bertz CT molecular complexity index is 1260. The number of nitrogens with zero attached hydrogens (tertiary/aromatic N) is 2. The molecule has 2 aliphatic heterocycles. The van der Waals surface area contributed by atoms with Gasteiger partial charge in [0.05, 0.1) is 31.2 Å². The lowest BCUT2D eigenvalue weighted by Gasteiger charge is -2.37. The molecule has 8 heteroatoms. The van der Waals surface area contributed by atoms with Crippen molar-refractivity contribution in [3.8, 4) is 0 Å². The average Bonchev–Trinajstić information content (AvgIpc) is 3.28.